The zero-order valence-electron chi connectivity index (χ0n) is 21.6. The lowest BCUT2D eigenvalue weighted by molar-refractivity contribution is -0.482. The highest BCUT2D eigenvalue weighted by molar-refractivity contribution is 5.68. The summed E-state index contributed by atoms with van der Waals surface area (Å²) in [6.07, 6.45) is -0.731. The van der Waals surface area contributed by atoms with E-state index in [-0.39, 0.29) is 12.0 Å². The van der Waals surface area contributed by atoms with Crippen LogP contribution in [0.4, 0.5) is 4.79 Å². The number of rotatable bonds is 9. The van der Waals surface area contributed by atoms with Gasteiger partial charge in [-0.05, 0) is 35.7 Å². The summed E-state index contributed by atoms with van der Waals surface area (Å²) in [5.74, 6) is -1.02. The molecule has 8 heteroatoms. The van der Waals surface area contributed by atoms with Crippen LogP contribution in [0.1, 0.15) is 30.5 Å². The Bertz CT molecular complexity index is 1190. The van der Waals surface area contributed by atoms with Crippen LogP contribution in [0, 0.1) is 5.41 Å². The van der Waals surface area contributed by atoms with E-state index in [0.717, 1.165) is 11.1 Å². The summed E-state index contributed by atoms with van der Waals surface area (Å²) >= 11 is 0. The predicted molar refractivity (Wildman–Crippen MR) is 139 cm³/mol. The molecule has 3 aliphatic rings. The van der Waals surface area contributed by atoms with E-state index in [9.17, 15) is 9.90 Å². The first kappa shape index (κ1) is 26.2. The van der Waals surface area contributed by atoms with Gasteiger partial charge in [-0.2, -0.15) is 0 Å². The van der Waals surface area contributed by atoms with Crippen LogP contribution in [0.3, 0.4) is 0 Å². The van der Waals surface area contributed by atoms with Gasteiger partial charge >= 0.3 is 12.1 Å². The van der Waals surface area contributed by atoms with Crippen LogP contribution in [-0.2, 0) is 37.8 Å². The molecule has 0 aromatic heterocycles. The average Bonchev–Trinajstić information content (AvgIpc) is 2.95. The Hall–Kier alpha value is -3.43. The highest BCUT2D eigenvalue weighted by Crippen LogP contribution is 2.44. The number of amides is 1. The van der Waals surface area contributed by atoms with Crippen LogP contribution in [0.5, 0.6) is 5.75 Å². The highest BCUT2D eigenvalue weighted by atomic mass is 16.9. The molecule has 3 aromatic rings. The van der Waals surface area contributed by atoms with Crippen LogP contribution in [0.25, 0.3) is 0 Å². The SMILES string of the molecule is CC12COC([C@@H](NC(=O)OCc3ccccc3)[C@@](C)(O)c3ccc(OCc4ccccc4)cc3)(OC1)OC2. The zero-order chi connectivity index (χ0) is 26.6. The number of benzene rings is 3. The fourth-order valence-electron chi connectivity index (χ4n) is 4.58. The molecular formula is C30H33NO7. The van der Waals surface area contributed by atoms with E-state index in [1.807, 2.05) is 67.6 Å². The van der Waals surface area contributed by atoms with E-state index >= 15 is 0 Å². The van der Waals surface area contributed by atoms with E-state index in [1.54, 1.807) is 31.2 Å². The summed E-state index contributed by atoms with van der Waals surface area (Å²) in [5.41, 5.74) is 0.458. The zero-order valence-corrected chi connectivity index (χ0v) is 21.6. The quantitative estimate of drug-likeness (QED) is 0.430. The molecule has 6 rings (SSSR count). The third kappa shape index (κ3) is 5.68. The first-order chi connectivity index (χ1) is 18.3. The maximum atomic E-state index is 12.9. The predicted octanol–water partition coefficient (Wildman–Crippen LogP) is 4.51. The second-order valence-electron chi connectivity index (χ2n) is 10.4. The third-order valence-electron chi connectivity index (χ3n) is 6.94. The van der Waals surface area contributed by atoms with Crippen molar-refractivity contribution >= 4 is 6.09 Å². The summed E-state index contributed by atoms with van der Waals surface area (Å²) < 4.78 is 29.4. The van der Waals surface area contributed by atoms with Gasteiger partial charge in [-0.15, -0.1) is 0 Å². The van der Waals surface area contributed by atoms with Gasteiger partial charge in [-0.1, -0.05) is 79.7 Å². The van der Waals surface area contributed by atoms with Crippen molar-refractivity contribution in [2.45, 2.75) is 44.7 Å². The molecule has 0 radical (unpaired) electrons. The van der Waals surface area contributed by atoms with Crippen molar-refractivity contribution < 1.29 is 33.6 Å². The summed E-state index contributed by atoms with van der Waals surface area (Å²) in [7, 11) is 0. The number of nitrogens with one attached hydrogen (secondary N) is 1. The molecule has 2 bridgehead atoms. The number of ether oxygens (including phenoxy) is 5. The van der Waals surface area contributed by atoms with Gasteiger partial charge in [0.05, 0.1) is 19.8 Å². The van der Waals surface area contributed by atoms with Gasteiger partial charge < -0.3 is 34.1 Å². The van der Waals surface area contributed by atoms with Gasteiger partial charge in [0.15, 0.2) is 0 Å². The van der Waals surface area contributed by atoms with E-state index in [0.29, 0.717) is 37.7 Å². The van der Waals surface area contributed by atoms with Crippen LogP contribution in [0.15, 0.2) is 84.9 Å². The Labute approximate surface area is 222 Å². The normalized spacial score (nSPS) is 24.7. The van der Waals surface area contributed by atoms with Crippen LogP contribution in [-0.4, -0.2) is 43.0 Å². The number of carbonyl (C=O) groups is 1. The number of carbonyl (C=O) groups excluding carboxylic acids is 1. The number of alkyl carbamates (subject to hydrolysis) is 1. The molecule has 0 aliphatic carbocycles. The lowest BCUT2D eigenvalue weighted by Crippen LogP contribution is -2.72. The topological polar surface area (TPSA) is 95.5 Å². The summed E-state index contributed by atoms with van der Waals surface area (Å²) in [6.45, 7) is 5.18. The Morgan fingerprint density at radius 2 is 1.42 bits per heavy atom. The second-order valence-corrected chi connectivity index (χ2v) is 10.4. The fraction of sp³-hybridized carbons (Fsp3) is 0.367. The molecule has 3 aliphatic heterocycles. The number of hydrogen-bond donors (Lipinski definition) is 2. The molecular weight excluding hydrogens is 486 g/mol. The molecule has 3 fully saturated rings. The minimum atomic E-state index is -1.67. The lowest BCUT2D eigenvalue weighted by atomic mass is 9.84. The Kier molecular flexibility index (Phi) is 7.40. The van der Waals surface area contributed by atoms with Gasteiger partial charge in [-0.25, -0.2) is 4.79 Å². The number of fused-ring (bicyclic) bond motifs is 3. The highest BCUT2D eigenvalue weighted by Gasteiger charge is 2.60. The molecule has 200 valence electrons. The first-order valence-electron chi connectivity index (χ1n) is 12.7. The average molecular weight is 520 g/mol. The van der Waals surface area contributed by atoms with Gasteiger partial charge in [-0.3, -0.25) is 0 Å². The first-order valence-corrected chi connectivity index (χ1v) is 12.7. The molecule has 8 nitrogen and oxygen atoms in total. The summed E-state index contributed by atoms with van der Waals surface area (Å²) in [4.78, 5) is 12.9. The molecule has 3 aromatic carbocycles. The molecule has 0 unspecified atom stereocenters. The Morgan fingerprint density at radius 3 is 1.97 bits per heavy atom. The van der Waals surface area contributed by atoms with Crippen LogP contribution in [0.2, 0.25) is 0 Å². The second kappa shape index (κ2) is 10.7. The molecule has 38 heavy (non-hydrogen) atoms. The van der Waals surface area contributed by atoms with Crippen molar-refractivity contribution in [3.05, 3.63) is 102 Å². The van der Waals surface area contributed by atoms with Gasteiger partial charge in [0, 0.05) is 5.41 Å². The van der Waals surface area contributed by atoms with E-state index in [4.69, 9.17) is 23.7 Å². The van der Waals surface area contributed by atoms with E-state index in [2.05, 4.69) is 5.32 Å². The van der Waals surface area contributed by atoms with Gasteiger partial charge in [0.2, 0.25) is 0 Å². The number of aliphatic hydroxyl groups is 1. The van der Waals surface area contributed by atoms with Crippen molar-refractivity contribution in [1.82, 2.24) is 5.32 Å². The maximum absolute atomic E-state index is 12.9. The standard InChI is InChI=1S/C30H33NO7/c1-28-19-36-30(37-20-28,38-21-28)26(31-27(32)35-18-23-11-7-4-8-12-23)29(2,33)24-13-15-25(16-14-24)34-17-22-9-5-3-6-10-22/h3-16,26,33H,17-21H2,1-2H3,(H,31,32)/t26-,28?,29-,30?/m0/s1. The molecule has 0 spiro atoms. The minimum Gasteiger partial charge on any atom is -0.489 e. The number of hydrogen-bond acceptors (Lipinski definition) is 7. The minimum absolute atomic E-state index is 0.0721. The monoisotopic (exact) mass is 519 g/mol. The van der Waals surface area contributed by atoms with Crippen LogP contribution < -0.4 is 10.1 Å². The van der Waals surface area contributed by atoms with Crippen LogP contribution >= 0.6 is 0 Å². The smallest absolute Gasteiger partial charge is 0.408 e. The maximum Gasteiger partial charge on any atom is 0.408 e. The van der Waals surface area contributed by atoms with Crippen molar-refractivity contribution in [2.24, 2.45) is 5.41 Å². The third-order valence-corrected chi connectivity index (χ3v) is 6.94. The molecule has 0 saturated carbocycles. The van der Waals surface area contributed by atoms with Crippen molar-refractivity contribution in [3.63, 3.8) is 0 Å². The Balaban J connectivity index is 1.34. The van der Waals surface area contributed by atoms with E-state index in [1.165, 1.54) is 0 Å². The fourth-order valence-corrected chi connectivity index (χ4v) is 4.58. The molecule has 2 atom stereocenters. The lowest BCUT2D eigenvalue weighted by Gasteiger charge is -2.55. The summed E-state index contributed by atoms with van der Waals surface area (Å²) in [5, 5.41) is 14.6. The molecule has 3 saturated heterocycles. The van der Waals surface area contributed by atoms with Crippen molar-refractivity contribution in [3.8, 4) is 5.75 Å². The molecule has 1 amide bonds. The van der Waals surface area contributed by atoms with Gasteiger partial charge in [0.25, 0.3) is 0 Å². The Morgan fingerprint density at radius 1 is 0.895 bits per heavy atom. The summed E-state index contributed by atoms with van der Waals surface area (Å²) in [6, 6.07) is 25.1. The molecule has 3 heterocycles. The van der Waals surface area contributed by atoms with Crippen molar-refractivity contribution in [1.29, 1.82) is 0 Å². The molecule has 2 N–H and O–H groups in total. The van der Waals surface area contributed by atoms with Gasteiger partial charge in [0.1, 0.15) is 30.6 Å². The van der Waals surface area contributed by atoms with Crippen molar-refractivity contribution in [2.75, 3.05) is 19.8 Å². The largest absolute Gasteiger partial charge is 0.489 e. The van der Waals surface area contributed by atoms with E-state index < -0.39 is 23.7 Å².